The molecule has 0 bridgehead atoms. The molecule has 0 radical (unpaired) electrons. The Morgan fingerprint density at radius 3 is 2.05 bits per heavy atom. The van der Waals surface area contributed by atoms with Crippen LogP contribution in [0.4, 0.5) is 0 Å². The van der Waals surface area contributed by atoms with Crippen LogP contribution in [0.1, 0.15) is 51.4 Å². The molecule has 0 aromatic rings. The maximum absolute atomic E-state index is 12.0. The molecule has 20 heavy (non-hydrogen) atoms. The summed E-state index contributed by atoms with van der Waals surface area (Å²) in [5, 5.41) is 8.56. The zero-order valence-electron chi connectivity index (χ0n) is 11.7. The third-order valence-electron chi connectivity index (χ3n) is 3.86. The van der Waals surface area contributed by atoms with E-state index >= 15 is 0 Å². The van der Waals surface area contributed by atoms with Crippen molar-refractivity contribution in [3.05, 3.63) is 0 Å². The van der Waals surface area contributed by atoms with E-state index in [2.05, 4.69) is 0 Å². The van der Waals surface area contributed by atoms with Crippen molar-refractivity contribution in [1.29, 1.82) is 0 Å². The van der Waals surface area contributed by atoms with E-state index in [1.807, 2.05) is 0 Å². The number of carboxylic acid groups (broad SMARTS) is 1. The second-order valence-electron chi connectivity index (χ2n) is 5.66. The normalized spacial score (nSPS) is 19.3. The third kappa shape index (κ3) is 5.79. The van der Waals surface area contributed by atoms with E-state index in [1.165, 1.54) is 6.42 Å². The fourth-order valence-corrected chi connectivity index (χ4v) is 2.61. The van der Waals surface area contributed by atoms with Crippen molar-refractivity contribution in [3.8, 4) is 0 Å². The summed E-state index contributed by atoms with van der Waals surface area (Å²) in [5.74, 6) is -1.33. The number of carbonyl (C=O) groups is 3. The molecule has 1 aliphatic rings. The molecule has 0 heterocycles. The maximum atomic E-state index is 12.0. The van der Waals surface area contributed by atoms with E-state index in [1.54, 1.807) is 0 Å². The van der Waals surface area contributed by atoms with Crippen LogP contribution in [0.25, 0.3) is 0 Å². The Morgan fingerprint density at radius 1 is 0.950 bits per heavy atom. The first kappa shape index (κ1) is 16.8. The van der Waals surface area contributed by atoms with E-state index in [0.29, 0.717) is 12.3 Å². The molecule has 0 aliphatic heterocycles. The van der Waals surface area contributed by atoms with Crippen LogP contribution < -0.4 is 11.5 Å². The SMILES string of the molecule is N[C@H](CC(=O)[C@@H](N)CC(=O)O)C(=O)CC1CCCCC1. The van der Waals surface area contributed by atoms with Gasteiger partial charge in [-0.25, -0.2) is 0 Å². The summed E-state index contributed by atoms with van der Waals surface area (Å²) in [6, 6.07) is -1.94. The Labute approximate surface area is 118 Å². The number of carbonyl (C=O) groups excluding carboxylic acids is 2. The Bertz CT molecular complexity index is 364. The monoisotopic (exact) mass is 284 g/mol. The topological polar surface area (TPSA) is 123 Å². The van der Waals surface area contributed by atoms with Crippen LogP contribution in [0, 0.1) is 5.92 Å². The fourth-order valence-electron chi connectivity index (χ4n) is 2.61. The van der Waals surface area contributed by atoms with Gasteiger partial charge in [-0.2, -0.15) is 0 Å². The van der Waals surface area contributed by atoms with E-state index in [9.17, 15) is 14.4 Å². The second-order valence-corrected chi connectivity index (χ2v) is 5.66. The average Bonchev–Trinajstić information content (AvgIpc) is 2.38. The number of ketones is 2. The molecule has 0 unspecified atom stereocenters. The molecular formula is C14H24N2O4. The van der Waals surface area contributed by atoms with E-state index < -0.39 is 30.3 Å². The molecule has 5 N–H and O–H groups in total. The molecule has 0 aromatic heterocycles. The lowest BCUT2D eigenvalue weighted by molar-refractivity contribution is -0.139. The van der Waals surface area contributed by atoms with Gasteiger partial charge in [0.2, 0.25) is 0 Å². The lowest BCUT2D eigenvalue weighted by Gasteiger charge is -2.22. The van der Waals surface area contributed by atoms with Crippen LogP contribution in [-0.2, 0) is 14.4 Å². The first-order valence-corrected chi connectivity index (χ1v) is 7.18. The van der Waals surface area contributed by atoms with Gasteiger partial charge in [-0.1, -0.05) is 32.1 Å². The highest BCUT2D eigenvalue weighted by Crippen LogP contribution is 2.26. The number of aliphatic carboxylic acids is 1. The highest BCUT2D eigenvalue weighted by molar-refractivity contribution is 5.93. The molecule has 0 aromatic carbocycles. The summed E-state index contributed by atoms with van der Waals surface area (Å²) in [5.41, 5.74) is 11.2. The second kappa shape index (κ2) is 8.11. The Morgan fingerprint density at radius 2 is 1.50 bits per heavy atom. The molecule has 6 nitrogen and oxygen atoms in total. The quantitative estimate of drug-likeness (QED) is 0.600. The zero-order chi connectivity index (χ0) is 15.1. The van der Waals surface area contributed by atoms with Crippen LogP contribution in [0.15, 0.2) is 0 Å². The van der Waals surface area contributed by atoms with Gasteiger partial charge in [-0.15, -0.1) is 0 Å². The Hall–Kier alpha value is -1.27. The molecule has 114 valence electrons. The fraction of sp³-hybridized carbons (Fsp3) is 0.786. The van der Waals surface area contributed by atoms with Gasteiger partial charge in [-0.3, -0.25) is 14.4 Å². The van der Waals surface area contributed by atoms with E-state index in [4.69, 9.17) is 16.6 Å². The van der Waals surface area contributed by atoms with E-state index in [0.717, 1.165) is 25.7 Å². The van der Waals surface area contributed by atoms with Crippen molar-refractivity contribution in [3.63, 3.8) is 0 Å². The molecule has 2 atom stereocenters. The Kier molecular flexibility index (Phi) is 6.81. The van der Waals surface area contributed by atoms with Crippen LogP contribution >= 0.6 is 0 Å². The minimum absolute atomic E-state index is 0.118. The minimum atomic E-state index is -1.13. The largest absolute Gasteiger partial charge is 0.481 e. The van der Waals surface area contributed by atoms with Crippen LogP contribution in [0.2, 0.25) is 0 Å². The van der Waals surface area contributed by atoms with E-state index in [-0.39, 0.29) is 12.2 Å². The van der Waals surface area contributed by atoms with Crippen molar-refractivity contribution in [2.24, 2.45) is 17.4 Å². The number of rotatable bonds is 8. The number of carboxylic acids is 1. The summed E-state index contributed by atoms with van der Waals surface area (Å²) in [6.07, 6.45) is 5.44. The number of Topliss-reactive ketones (excluding diaryl/α,β-unsaturated/α-hetero) is 2. The summed E-state index contributed by atoms with van der Waals surface area (Å²) >= 11 is 0. The first-order chi connectivity index (χ1) is 9.40. The molecule has 1 saturated carbocycles. The molecule has 0 spiro atoms. The molecule has 6 heteroatoms. The molecule has 1 fully saturated rings. The molecule has 0 saturated heterocycles. The summed E-state index contributed by atoms with van der Waals surface area (Å²) in [7, 11) is 0. The number of hydrogen-bond acceptors (Lipinski definition) is 5. The van der Waals surface area contributed by atoms with Gasteiger partial charge < -0.3 is 16.6 Å². The molecular weight excluding hydrogens is 260 g/mol. The van der Waals surface area contributed by atoms with Gasteiger partial charge in [0.05, 0.1) is 18.5 Å². The van der Waals surface area contributed by atoms with Gasteiger partial charge in [0, 0.05) is 12.8 Å². The van der Waals surface area contributed by atoms with Gasteiger partial charge in [0.1, 0.15) is 5.78 Å². The molecule has 0 amide bonds. The Balaban J connectivity index is 2.36. The van der Waals surface area contributed by atoms with Gasteiger partial charge in [0.25, 0.3) is 0 Å². The van der Waals surface area contributed by atoms with Crippen molar-refractivity contribution < 1.29 is 19.5 Å². The smallest absolute Gasteiger partial charge is 0.305 e. The van der Waals surface area contributed by atoms with Crippen molar-refractivity contribution in [2.75, 3.05) is 0 Å². The predicted octanol–water partition coefficient (Wildman–Crippen LogP) is 0.614. The number of nitrogens with two attached hydrogens (primary N) is 2. The average molecular weight is 284 g/mol. The summed E-state index contributed by atoms with van der Waals surface area (Å²) in [6.45, 7) is 0. The van der Waals surface area contributed by atoms with Crippen LogP contribution in [0.5, 0.6) is 0 Å². The minimum Gasteiger partial charge on any atom is -0.481 e. The maximum Gasteiger partial charge on any atom is 0.305 e. The molecule has 1 rings (SSSR count). The highest BCUT2D eigenvalue weighted by Gasteiger charge is 2.25. The molecule has 1 aliphatic carbocycles. The summed E-state index contributed by atoms with van der Waals surface area (Å²) < 4.78 is 0. The highest BCUT2D eigenvalue weighted by atomic mass is 16.4. The standard InChI is InChI=1S/C14H24N2O4/c15-10(7-13(18)11(16)8-14(19)20)12(17)6-9-4-2-1-3-5-9/h9-11H,1-8,15-16H2,(H,19,20)/t10-,11+/m1/s1. The van der Waals surface area contributed by atoms with Crippen molar-refractivity contribution >= 4 is 17.5 Å². The van der Waals surface area contributed by atoms with Crippen LogP contribution in [0.3, 0.4) is 0 Å². The lowest BCUT2D eigenvalue weighted by atomic mass is 9.84. The lowest BCUT2D eigenvalue weighted by Crippen LogP contribution is -2.40. The van der Waals surface area contributed by atoms with Gasteiger partial charge >= 0.3 is 5.97 Å². The van der Waals surface area contributed by atoms with Crippen LogP contribution in [-0.4, -0.2) is 34.7 Å². The van der Waals surface area contributed by atoms with Crippen molar-refractivity contribution in [1.82, 2.24) is 0 Å². The third-order valence-corrected chi connectivity index (χ3v) is 3.86. The van der Waals surface area contributed by atoms with Gasteiger partial charge in [0.15, 0.2) is 5.78 Å². The first-order valence-electron chi connectivity index (χ1n) is 7.18. The summed E-state index contributed by atoms with van der Waals surface area (Å²) in [4.78, 5) is 34.1. The zero-order valence-corrected chi connectivity index (χ0v) is 11.7. The number of hydrogen-bond donors (Lipinski definition) is 3. The van der Waals surface area contributed by atoms with Gasteiger partial charge in [-0.05, 0) is 5.92 Å². The predicted molar refractivity (Wildman–Crippen MR) is 74.0 cm³/mol. The van der Waals surface area contributed by atoms with Crippen molar-refractivity contribution in [2.45, 2.75) is 63.5 Å².